The van der Waals surface area contributed by atoms with E-state index in [4.69, 9.17) is 4.74 Å². The highest BCUT2D eigenvalue weighted by molar-refractivity contribution is 5.79. The van der Waals surface area contributed by atoms with Crippen LogP contribution in [0.5, 0.6) is 5.75 Å². The molecule has 0 amide bonds. The SMILES string of the molecule is CCNC(=NCC1(c2ccccc2F)CC1)NCCOc1cccnc1. The van der Waals surface area contributed by atoms with Crippen LogP contribution in [0.15, 0.2) is 53.8 Å². The lowest BCUT2D eigenvalue weighted by molar-refractivity contribution is 0.320. The second-order valence-electron chi connectivity index (χ2n) is 6.42. The Balaban J connectivity index is 1.53. The molecule has 0 radical (unpaired) electrons. The number of aromatic nitrogens is 1. The number of halogens is 1. The Labute approximate surface area is 153 Å². The highest BCUT2D eigenvalue weighted by atomic mass is 19.1. The van der Waals surface area contributed by atoms with Gasteiger partial charge in [-0.15, -0.1) is 0 Å². The van der Waals surface area contributed by atoms with Crippen molar-refractivity contribution in [2.24, 2.45) is 4.99 Å². The number of hydrogen-bond donors (Lipinski definition) is 2. The van der Waals surface area contributed by atoms with Gasteiger partial charge in [0.25, 0.3) is 0 Å². The summed E-state index contributed by atoms with van der Waals surface area (Å²) in [7, 11) is 0. The molecule has 1 fully saturated rings. The van der Waals surface area contributed by atoms with Crippen molar-refractivity contribution in [3.63, 3.8) is 0 Å². The lowest BCUT2D eigenvalue weighted by Gasteiger charge is -2.16. The lowest BCUT2D eigenvalue weighted by Crippen LogP contribution is -2.40. The van der Waals surface area contributed by atoms with Crippen LogP contribution in [0.4, 0.5) is 4.39 Å². The second-order valence-corrected chi connectivity index (χ2v) is 6.42. The summed E-state index contributed by atoms with van der Waals surface area (Å²) in [5, 5.41) is 6.48. The molecule has 0 saturated heterocycles. The topological polar surface area (TPSA) is 58.5 Å². The zero-order valence-electron chi connectivity index (χ0n) is 15.0. The highest BCUT2D eigenvalue weighted by Gasteiger charge is 2.45. The van der Waals surface area contributed by atoms with Crippen LogP contribution in [0.1, 0.15) is 25.3 Å². The van der Waals surface area contributed by atoms with Gasteiger partial charge < -0.3 is 15.4 Å². The van der Waals surface area contributed by atoms with Crippen molar-refractivity contribution in [2.75, 3.05) is 26.2 Å². The molecule has 5 nitrogen and oxygen atoms in total. The predicted octanol–water partition coefficient (Wildman–Crippen LogP) is 2.89. The van der Waals surface area contributed by atoms with Crippen molar-refractivity contribution < 1.29 is 9.13 Å². The van der Waals surface area contributed by atoms with Crippen LogP contribution >= 0.6 is 0 Å². The van der Waals surface area contributed by atoms with Gasteiger partial charge in [-0.05, 0) is 43.5 Å². The fraction of sp³-hybridized carbons (Fsp3) is 0.400. The maximum absolute atomic E-state index is 14.1. The van der Waals surface area contributed by atoms with Crippen molar-refractivity contribution in [1.29, 1.82) is 0 Å². The maximum atomic E-state index is 14.1. The van der Waals surface area contributed by atoms with Crippen LogP contribution in [0.25, 0.3) is 0 Å². The van der Waals surface area contributed by atoms with Crippen LogP contribution in [0.3, 0.4) is 0 Å². The number of nitrogens with one attached hydrogen (secondary N) is 2. The van der Waals surface area contributed by atoms with Crippen molar-refractivity contribution in [1.82, 2.24) is 15.6 Å². The van der Waals surface area contributed by atoms with Crippen molar-refractivity contribution in [3.8, 4) is 5.75 Å². The number of pyridine rings is 1. The van der Waals surface area contributed by atoms with Gasteiger partial charge in [-0.1, -0.05) is 18.2 Å². The molecule has 1 aromatic heterocycles. The van der Waals surface area contributed by atoms with E-state index >= 15 is 0 Å². The van der Waals surface area contributed by atoms with Crippen LogP contribution in [0.2, 0.25) is 0 Å². The van der Waals surface area contributed by atoms with Crippen LogP contribution in [-0.2, 0) is 5.41 Å². The van der Waals surface area contributed by atoms with Crippen molar-refractivity contribution in [2.45, 2.75) is 25.2 Å². The Morgan fingerprint density at radius 2 is 2.08 bits per heavy atom. The van der Waals surface area contributed by atoms with E-state index in [0.717, 1.165) is 36.7 Å². The fourth-order valence-corrected chi connectivity index (χ4v) is 2.90. The lowest BCUT2D eigenvalue weighted by atomic mass is 9.95. The normalized spacial score (nSPS) is 15.4. The molecule has 138 valence electrons. The fourth-order valence-electron chi connectivity index (χ4n) is 2.90. The second kappa shape index (κ2) is 8.65. The minimum atomic E-state index is -0.153. The number of nitrogens with zero attached hydrogens (tertiary/aromatic N) is 2. The molecule has 1 saturated carbocycles. The van der Waals surface area contributed by atoms with E-state index in [1.807, 2.05) is 31.2 Å². The summed E-state index contributed by atoms with van der Waals surface area (Å²) in [6.07, 6.45) is 5.34. The summed E-state index contributed by atoms with van der Waals surface area (Å²) in [5.74, 6) is 1.33. The molecule has 0 aliphatic heterocycles. The minimum absolute atomic E-state index is 0.136. The molecule has 3 rings (SSSR count). The Morgan fingerprint density at radius 3 is 2.77 bits per heavy atom. The molecule has 2 aromatic rings. The van der Waals surface area contributed by atoms with Crippen LogP contribution < -0.4 is 15.4 Å². The van der Waals surface area contributed by atoms with Crippen molar-refractivity contribution >= 4 is 5.96 Å². The van der Waals surface area contributed by atoms with E-state index in [-0.39, 0.29) is 11.2 Å². The number of rotatable bonds is 8. The molecule has 0 unspecified atom stereocenters. The van der Waals surface area contributed by atoms with Crippen LogP contribution in [-0.4, -0.2) is 37.2 Å². The molecule has 1 aliphatic rings. The Morgan fingerprint density at radius 1 is 1.23 bits per heavy atom. The largest absolute Gasteiger partial charge is 0.490 e. The number of benzene rings is 1. The van der Waals surface area contributed by atoms with E-state index in [0.29, 0.717) is 19.7 Å². The molecule has 1 aliphatic carbocycles. The maximum Gasteiger partial charge on any atom is 0.191 e. The van der Waals surface area contributed by atoms with Gasteiger partial charge in [0.1, 0.15) is 18.2 Å². The molecule has 0 spiro atoms. The standard InChI is InChI=1S/C20H25FN4O/c1-2-23-19(24-12-13-26-16-6-5-11-22-14-16)25-15-20(9-10-20)17-7-3-4-8-18(17)21/h3-8,11,14H,2,9-10,12-13,15H2,1H3,(H2,23,24,25). The third-order valence-electron chi connectivity index (χ3n) is 4.48. The minimum Gasteiger partial charge on any atom is -0.490 e. The highest BCUT2D eigenvalue weighted by Crippen LogP contribution is 2.49. The Bertz CT molecular complexity index is 732. The average molecular weight is 356 g/mol. The first-order valence-electron chi connectivity index (χ1n) is 9.03. The van der Waals surface area contributed by atoms with Crippen molar-refractivity contribution in [3.05, 3.63) is 60.2 Å². The van der Waals surface area contributed by atoms with Crippen LogP contribution in [0, 0.1) is 5.82 Å². The molecule has 0 atom stereocenters. The Hall–Kier alpha value is -2.63. The van der Waals surface area contributed by atoms with Gasteiger partial charge in [0.2, 0.25) is 0 Å². The third-order valence-corrected chi connectivity index (χ3v) is 4.48. The summed E-state index contributed by atoms with van der Waals surface area (Å²) in [6.45, 7) is 4.49. The summed E-state index contributed by atoms with van der Waals surface area (Å²) in [6, 6.07) is 10.7. The van der Waals surface area contributed by atoms with Gasteiger partial charge in [-0.3, -0.25) is 9.98 Å². The number of aliphatic imine (C=N–C) groups is 1. The van der Waals surface area contributed by atoms with Gasteiger partial charge in [0, 0.05) is 18.2 Å². The number of ether oxygens (including phenoxy) is 1. The molecular weight excluding hydrogens is 331 g/mol. The quantitative estimate of drug-likeness (QED) is 0.434. The van der Waals surface area contributed by atoms with E-state index in [2.05, 4.69) is 20.6 Å². The summed E-state index contributed by atoms with van der Waals surface area (Å²) in [4.78, 5) is 8.68. The van der Waals surface area contributed by atoms with Gasteiger partial charge in [-0.2, -0.15) is 0 Å². The number of hydrogen-bond acceptors (Lipinski definition) is 3. The van der Waals surface area contributed by atoms with E-state index in [9.17, 15) is 4.39 Å². The predicted molar refractivity (Wildman–Crippen MR) is 101 cm³/mol. The molecular formula is C20H25FN4O. The Kier molecular flexibility index (Phi) is 6.04. The van der Waals surface area contributed by atoms with E-state index in [1.54, 1.807) is 18.5 Å². The molecule has 0 bridgehead atoms. The summed E-state index contributed by atoms with van der Waals surface area (Å²) in [5.41, 5.74) is 0.624. The first-order valence-corrected chi connectivity index (χ1v) is 9.03. The zero-order chi connectivity index (χ0) is 18.2. The molecule has 26 heavy (non-hydrogen) atoms. The first-order chi connectivity index (χ1) is 12.7. The first kappa shape index (κ1) is 18.2. The molecule has 1 heterocycles. The monoisotopic (exact) mass is 356 g/mol. The smallest absolute Gasteiger partial charge is 0.191 e. The average Bonchev–Trinajstić information content (AvgIpc) is 3.45. The summed E-state index contributed by atoms with van der Waals surface area (Å²) < 4.78 is 19.7. The molecule has 6 heteroatoms. The van der Waals surface area contributed by atoms with E-state index in [1.165, 1.54) is 6.07 Å². The van der Waals surface area contributed by atoms with Gasteiger partial charge in [-0.25, -0.2) is 4.39 Å². The van der Waals surface area contributed by atoms with Gasteiger partial charge in [0.05, 0.1) is 19.3 Å². The van der Waals surface area contributed by atoms with Gasteiger partial charge >= 0.3 is 0 Å². The summed E-state index contributed by atoms with van der Waals surface area (Å²) >= 11 is 0. The van der Waals surface area contributed by atoms with Gasteiger partial charge in [0.15, 0.2) is 5.96 Å². The molecule has 1 aromatic carbocycles. The molecule has 2 N–H and O–H groups in total. The third kappa shape index (κ3) is 4.71. The van der Waals surface area contributed by atoms with E-state index < -0.39 is 0 Å². The zero-order valence-corrected chi connectivity index (χ0v) is 15.0. The number of guanidine groups is 1.